The van der Waals surface area contributed by atoms with Gasteiger partial charge < -0.3 is 0 Å². The van der Waals surface area contributed by atoms with Crippen molar-refractivity contribution in [2.75, 3.05) is 26.2 Å². The third kappa shape index (κ3) is 2.89. The number of hydrogen-bond acceptors (Lipinski definition) is 3. The van der Waals surface area contributed by atoms with Gasteiger partial charge in [0, 0.05) is 30.6 Å². The number of fused-ring (bicyclic) bond motifs is 1. The molecule has 3 heteroatoms. The van der Waals surface area contributed by atoms with Gasteiger partial charge in [0.25, 0.3) is 0 Å². The second kappa shape index (κ2) is 4.69. The molecule has 2 aliphatic rings. The molecule has 0 aromatic carbocycles. The highest BCUT2D eigenvalue weighted by molar-refractivity contribution is 5.85. The van der Waals surface area contributed by atoms with Crippen molar-refractivity contribution in [2.45, 2.75) is 52.6 Å². The van der Waals surface area contributed by atoms with Gasteiger partial charge in [-0.25, -0.2) is 0 Å². The lowest BCUT2D eigenvalue weighted by atomic mass is 9.90. The van der Waals surface area contributed by atoms with Crippen molar-refractivity contribution in [1.82, 2.24) is 9.80 Å². The number of carbonyl (C=O) groups excluding carboxylic acids is 1. The molecule has 0 bridgehead atoms. The van der Waals surface area contributed by atoms with E-state index in [0.29, 0.717) is 24.4 Å². The molecule has 0 saturated carbocycles. The third-order valence-corrected chi connectivity index (χ3v) is 4.25. The van der Waals surface area contributed by atoms with E-state index >= 15 is 0 Å². The first-order chi connectivity index (χ1) is 7.88. The summed E-state index contributed by atoms with van der Waals surface area (Å²) in [5.41, 5.74) is -0.202. The second-order valence-electron chi connectivity index (χ2n) is 6.74. The highest BCUT2D eigenvalue weighted by Crippen LogP contribution is 2.25. The predicted molar refractivity (Wildman–Crippen MR) is 70.1 cm³/mol. The zero-order chi connectivity index (χ0) is 12.6. The van der Waals surface area contributed by atoms with Crippen LogP contribution in [0.3, 0.4) is 0 Å². The number of carbonyl (C=O) groups is 1. The molecule has 0 aromatic rings. The molecule has 98 valence electrons. The van der Waals surface area contributed by atoms with E-state index in [2.05, 4.69) is 16.7 Å². The summed E-state index contributed by atoms with van der Waals surface area (Å²) in [7, 11) is 0. The normalized spacial score (nSPS) is 31.5. The van der Waals surface area contributed by atoms with Crippen LogP contribution in [0.2, 0.25) is 0 Å². The topological polar surface area (TPSA) is 23.6 Å². The lowest BCUT2D eigenvalue weighted by Gasteiger charge is -2.42. The molecule has 2 heterocycles. The van der Waals surface area contributed by atoms with Gasteiger partial charge in [0.05, 0.1) is 6.54 Å². The van der Waals surface area contributed by atoms with Gasteiger partial charge in [-0.15, -0.1) is 0 Å². The van der Waals surface area contributed by atoms with Crippen LogP contribution in [0.5, 0.6) is 0 Å². The van der Waals surface area contributed by atoms with Gasteiger partial charge >= 0.3 is 0 Å². The minimum absolute atomic E-state index is 0.202. The van der Waals surface area contributed by atoms with Gasteiger partial charge in [0.2, 0.25) is 0 Å². The van der Waals surface area contributed by atoms with E-state index in [1.165, 1.54) is 19.4 Å². The highest BCUT2D eigenvalue weighted by Gasteiger charge is 2.36. The molecular weight excluding hydrogens is 212 g/mol. The van der Waals surface area contributed by atoms with Crippen molar-refractivity contribution < 1.29 is 4.79 Å². The molecule has 0 N–H and O–H groups in total. The minimum Gasteiger partial charge on any atom is -0.298 e. The Balaban J connectivity index is 1.95. The number of Topliss-reactive ketones (excluding diaryl/α,β-unsaturated/α-hetero) is 1. The van der Waals surface area contributed by atoms with Gasteiger partial charge in [0.1, 0.15) is 0 Å². The van der Waals surface area contributed by atoms with Crippen LogP contribution in [0.4, 0.5) is 0 Å². The summed E-state index contributed by atoms with van der Waals surface area (Å²) in [5.74, 6) is 0.371. The number of ketones is 1. The van der Waals surface area contributed by atoms with E-state index in [-0.39, 0.29) is 5.41 Å². The van der Waals surface area contributed by atoms with Gasteiger partial charge in [-0.2, -0.15) is 0 Å². The monoisotopic (exact) mass is 238 g/mol. The molecule has 2 saturated heterocycles. The summed E-state index contributed by atoms with van der Waals surface area (Å²) in [6.07, 6.45) is 2.64. The zero-order valence-electron chi connectivity index (χ0n) is 11.7. The quantitative estimate of drug-likeness (QED) is 0.732. The van der Waals surface area contributed by atoms with Crippen molar-refractivity contribution in [3.63, 3.8) is 0 Å². The standard InChI is InChI=1S/C14H26N2O/c1-11-8-15-7-5-6-12(15)9-16(11)10-13(17)14(2,3)4/h11-12H,5-10H2,1-4H3. The van der Waals surface area contributed by atoms with Crippen molar-refractivity contribution in [3.8, 4) is 0 Å². The second-order valence-corrected chi connectivity index (χ2v) is 6.74. The van der Waals surface area contributed by atoms with Crippen LogP contribution in [0, 0.1) is 5.41 Å². The van der Waals surface area contributed by atoms with Crippen molar-refractivity contribution in [3.05, 3.63) is 0 Å². The van der Waals surface area contributed by atoms with Crippen LogP contribution in [0.15, 0.2) is 0 Å². The predicted octanol–water partition coefficient (Wildman–Crippen LogP) is 1.77. The Morgan fingerprint density at radius 2 is 2.00 bits per heavy atom. The maximum Gasteiger partial charge on any atom is 0.152 e. The molecule has 2 fully saturated rings. The summed E-state index contributed by atoms with van der Waals surface area (Å²) in [6.45, 7) is 12.4. The van der Waals surface area contributed by atoms with Crippen LogP contribution in [0.1, 0.15) is 40.5 Å². The average molecular weight is 238 g/mol. The minimum atomic E-state index is -0.202. The van der Waals surface area contributed by atoms with Crippen molar-refractivity contribution >= 4 is 5.78 Å². The van der Waals surface area contributed by atoms with Crippen molar-refractivity contribution in [1.29, 1.82) is 0 Å². The number of piperazine rings is 1. The smallest absolute Gasteiger partial charge is 0.152 e. The van der Waals surface area contributed by atoms with E-state index in [9.17, 15) is 4.79 Å². The number of nitrogens with zero attached hydrogens (tertiary/aromatic N) is 2. The summed E-state index contributed by atoms with van der Waals surface area (Å²) >= 11 is 0. The van der Waals surface area contributed by atoms with Gasteiger partial charge in [-0.1, -0.05) is 20.8 Å². The zero-order valence-corrected chi connectivity index (χ0v) is 11.7. The fraction of sp³-hybridized carbons (Fsp3) is 0.929. The Hall–Kier alpha value is -0.410. The molecule has 2 atom stereocenters. The first-order valence-electron chi connectivity index (χ1n) is 6.89. The fourth-order valence-electron chi connectivity index (χ4n) is 2.89. The Morgan fingerprint density at radius 3 is 2.65 bits per heavy atom. The van der Waals surface area contributed by atoms with E-state index < -0.39 is 0 Å². The molecule has 2 rings (SSSR count). The summed E-state index contributed by atoms with van der Waals surface area (Å²) in [5, 5.41) is 0. The Labute approximate surface area is 105 Å². The van der Waals surface area contributed by atoms with E-state index in [1.807, 2.05) is 20.8 Å². The van der Waals surface area contributed by atoms with Gasteiger partial charge in [0.15, 0.2) is 5.78 Å². The SMILES string of the molecule is CC1CN2CCCC2CN1CC(=O)C(C)(C)C. The van der Waals surface area contributed by atoms with Crippen LogP contribution in [-0.2, 0) is 4.79 Å². The van der Waals surface area contributed by atoms with Crippen LogP contribution >= 0.6 is 0 Å². The number of hydrogen-bond donors (Lipinski definition) is 0. The third-order valence-electron chi connectivity index (χ3n) is 4.25. The Morgan fingerprint density at radius 1 is 1.29 bits per heavy atom. The van der Waals surface area contributed by atoms with Crippen LogP contribution in [-0.4, -0.2) is 53.8 Å². The fourth-order valence-corrected chi connectivity index (χ4v) is 2.89. The van der Waals surface area contributed by atoms with Crippen molar-refractivity contribution in [2.24, 2.45) is 5.41 Å². The first kappa shape index (κ1) is 13.0. The molecule has 0 spiro atoms. The van der Waals surface area contributed by atoms with Crippen LogP contribution in [0.25, 0.3) is 0 Å². The molecular formula is C14H26N2O. The Kier molecular flexibility index (Phi) is 3.60. The summed E-state index contributed by atoms with van der Waals surface area (Å²) in [4.78, 5) is 17.1. The molecule has 0 aliphatic carbocycles. The molecule has 2 aliphatic heterocycles. The van der Waals surface area contributed by atoms with E-state index in [1.54, 1.807) is 0 Å². The number of rotatable bonds is 2. The molecule has 2 unspecified atom stereocenters. The van der Waals surface area contributed by atoms with Gasteiger partial charge in [-0.3, -0.25) is 14.6 Å². The Bertz CT molecular complexity index is 295. The average Bonchev–Trinajstić information content (AvgIpc) is 2.63. The highest BCUT2D eigenvalue weighted by atomic mass is 16.1. The molecule has 0 radical (unpaired) electrons. The molecule has 17 heavy (non-hydrogen) atoms. The largest absolute Gasteiger partial charge is 0.298 e. The van der Waals surface area contributed by atoms with Gasteiger partial charge in [-0.05, 0) is 26.3 Å². The molecule has 3 nitrogen and oxygen atoms in total. The molecule has 0 aromatic heterocycles. The van der Waals surface area contributed by atoms with Crippen LogP contribution < -0.4 is 0 Å². The summed E-state index contributed by atoms with van der Waals surface area (Å²) in [6, 6.07) is 1.23. The lowest BCUT2D eigenvalue weighted by Crippen LogP contribution is -2.56. The van der Waals surface area contributed by atoms with E-state index in [0.717, 1.165) is 13.1 Å². The van der Waals surface area contributed by atoms with E-state index in [4.69, 9.17) is 0 Å². The first-order valence-corrected chi connectivity index (χ1v) is 6.89. The maximum atomic E-state index is 12.1. The maximum absolute atomic E-state index is 12.1. The summed E-state index contributed by atoms with van der Waals surface area (Å²) < 4.78 is 0. The molecule has 0 amide bonds. The lowest BCUT2D eigenvalue weighted by molar-refractivity contribution is -0.128.